The first kappa shape index (κ1) is 15.2. The van der Waals surface area contributed by atoms with Gasteiger partial charge in [-0.3, -0.25) is 0 Å². The Labute approximate surface area is 140 Å². The average molecular weight is 338 g/mol. The van der Waals surface area contributed by atoms with E-state index in [9.17, 15) is 0 Å². The molecule has 21 heavy (non-hydrogen) atoms. The van der Waals surface area contributed by atoms with Gasteiger partial charge in [0.15, 0.2) is 0 Å². The summed E-state index contributed by atoms with van der Waals surface area (Å²) in [6.07, 6.45) is 1.12. The summed E-state index contributed by atoms with van der Waals surface area (Å²) in [6, 6.07) is 14.9. The van der Waals surface area contributed by atoms with Gasteiger partial charge in [0.05, 0.1) is 0 Å². The Bertz CT molecular complexity index is 627. The molecule has 1 nitrogen and oxygen atoms in total. The lowest BCUT2D eigenvalue weighted by Gasteiger charge is -2.29. The van der Waals surface area contributed by atoms with Crippen molar-refractivity contribution in [2.24, 2.45) is 0 Å². The number of hydrogen-bond donors (Lipinski definition) is 1. The van der Waals surface area contributed by atoms with Crippen LogP contribution in [0.4, 0.5) is 0 Å². The SMILES string of the molecule is C[C@H](NC1CCSc2ccc(Cl)cc21)c1ccc(Cl)cc1. The number of thioether (sulfide) groups is 1. The molecule has 1 aliphatic rings. The summed E-state index contributed by atoms with van der Waals surface area (Å²) in [5.74, 6) is 1.14. The molecule has 2 atom stereocenters. The van der Waals surface area contributed by atoms with E-state index in [1.54, 1.807) is 0 Å². The number of fused-ring (bicyclic) bond motifs is 1. The molecule has 0 saturated carbocycles. The number of halogens is 2. The Morgan fingerprint density at radius 3 is 2.57 bits per heavy atom. The molecule has 2 aromatic rings. The third-order valence-corrected chi connectivity index (χ3v) is 5.44. The fourth-order valence-corrected chi connectivity index (χ4v) is 4.10. The van der Waals surface area contributed by atoms with Crippen LogP contribution in [0.25, 0.3) is 0 Å². The lowest BCUT2D eigenvalue weighted by Crippen LogP contribution is -2.27. The predicted molar refractivity (Wildman–Crippen MR) is 92.5 cm³/mol. The van der Waals surface area contributed by atoms with Gasteiger partial charge in [0.25, 0.3) is 0 Å². The Morgan fingerprint density at radius 2 is 1.81 bits per heavy atom. The maximum Gasteiger partial charge on any atom is 0.0410 e. The zero-order valence-corrected chi connectivity index (χ0v) is 14.1. The van der Waals surface area contributed by atoms with Crippen LogP contribution < -0.4 is 5.32 Å². The van der Waals surface area contributed by atoms with E-state index >= 15 is 0 Å². The van der Waals surface area contributed by atoms with Gasteiger partial charge in [-0.1, -0.05) is 35.3 Å². The second-order valence-corrected chi connectivity index (χ2v) is 7.32. The van der Waals surface area contributed by atoms with Crippen molar-refractivity contribution in [3.8, 4) is 0 Å². The number of hydrogen-bond acceptors (Lipinski definition) is 2. The maximum atomic E-state index is 6.16. The molecule has 0 fully saturated rings. The molecule has 1 aliphatic heterocycles. The standard InChI is InChI=1S/C17H17Cl2NS/c1-11(12-2-4-13(18)5-3-12)20-16-8-9-21-17-7-6-14(19)10-15(16)17/h2-7,10-11,16,20H,8-9H2,1H3/t11-,16?/m0/s1. The van der Waals surface area contributed by atoms with Gasteiger partial charge in [0, 0.05) is 27.0 Å². The number of nitrogens with one attached hydrogen (secondary N) is 1. The van der Waals surface area contributed by atoms with E-state index in [0.717, 1.165) is 22.2 Å². The zero-order valence-electron chi connectivity index (χ0n) is 11.8. The fourth-order valence-electron chi connectivity index (χ4n) is 2.69. The molecule has 4 heteroatoms. The van der Waals surface area contributed by atoms with Crippen molar-refractivity contribution in [3.63, 3.8) is 0 Å². The van der Waals surface area contributed by atoms with Crippen LogP contribution in [0.3, 0.4) is 0 Å². The molecule has 1 unspecified atom stereocenters. The van der Waals surface area contributed by atoms with E-state index in [2.05, 4.69) is 36.5 Å². The van der Waals surface area contributed by atoms with Crippen molar-refractivity contribution in [1.82, 2.24) is 5.32 Å². The minimum absolute atomic E-state index is 0.280. The Kier molecular flexibility index (Phi) is 4.80. The third-order valence-electron chi connectivity index (χ3n) is 3.83. The van der Waals surface area contributed by atoms with Crippen LogP contribution in [-0.2, 0) is 0 Å². The first-order valence-electron chi connectivity index (χ1n) is 7.07. The van der Waals surface area contributed by atoms with E-state index in [4.69, 9.17) is 23.2 Å². The van der Waals surface area contributed by atoms with Gasteiger partial charge < -0.3 is 5.32 Å². The van der Waals surface area contributed by atoms with Gasteiger partial charge in [0.2, 0.25) is 0 Å². The van der Waals surface area contributed by atoms with E-state index < -0.39 is 0 Å². The van der Waals surface area contributed by atoms with Crippen LogP contribution in [0.2, 0.25) is 10.0 Å². The lowest BCUT2D eigenvalue weighted by atomic mass is 10.0. The van der Waals surface area contributed by atoms with Gasteiger partial charge in [-0.05, 0) is 60.6 Å². The molecule has 110 valence electrons. The summed E-state index contributed by atoms with van der Waals surface area (Å²) >= 11 is 14.0. The van der Waals surface area contributed by atoms with E-state index in [-0.39, 0.29) is 6.04 Å². The van der Waals surface area contributed by atoms with Crippen molar-refractivity contribution in [3.05, 3.63) is 63.6 Å². The number of benzene rings is 2. The minimum Gasteiger partial charge on any atom is -0.303 e. The molecule has 0 radical (unpaired) electrons. The largest absolute Gasteiger partial charge is 0.303 e. The highest BCUT2D eigenvalue weighted by Crippen LogP contribution is 2.38. The van der Waals surface area contributed by atoms with Crippen LogP contribution in [0.15, 0.2) is 47.4 Å². The summed E-state index contributed by atoms with van der Waals surface area (Å²) in [5.41, 5.74) is 2.57. The van der Waals surface area contributed by atoms with Gasteiger partial charge in [-0.25, -0.2) is 0 Å². The fraction of sp³-hybridized carbons (Fsp3) is 0.294. The van der Waals surface area contributed by atoms with Gasteiger partial charge in [0.1, 0.15) is 0 Å². The molecular weight excluding hydrogens is 321 g/mol. The summed E-state index contributed by atoms with van der Waals surface area (Å²) < 4.78 is 0. The van der Waals surface area contributed by atoms with Crippen molar-refractivity contribution >= 4 is 35.0 Å². The smallest absolute Gasteiger partial charge is 0.0410 e. The highest BCUT2D eigenvalue weighted by molar-refractivity contribution is 7.99. The molecule has 0 saturated heterocycles. The number of rotatable bonds is 3. The Morgan fingerprint density at radius 1 is 1.10 bits per heavy atom. The molecule has 0 amide bonds. The molecular formula is C17H17Cl2NS. The van der Waals surface area contributed by atoms with Gasteiger partial charge in [-0.15, -0.1) is 11.8 Å². The summed E-state index contributed by atoms with van der Waals surface area (Å²) in [6.45, 7) is 2.19. The summed E-state index contributed by atoms with van der Waals surface area (Å²) in [7, 11) is 0. The second-order valence-electron chi connectivity index (χ2n) is 5.31. The molecule has 0 aromatic heterocycles. The van der Waals surface area contributed by atoms with Crippen LogP contribution in [0.5, 0.6) is 0 Å². The average Bonchev–Trinajstić information content (AvgIpc) is 2.48. The normalized spacial score (nSPS) is 19.1. The topological polar surface area (TPSA) is 12.0 Å². The predicted octanol–water partition coefficient (Wildman–Crippen LogP) is 5.88. The summed E-state index contributed by atoms with van der Waals surface area (Å²) in [5, 5.41) is 5.31. The third kappa shape index (κ3) is 3.57. The quantitative estimate of drug-likeness (QED) is 0.750. The van der Waals surface area contributed by atoms with Crippen LogP contribution in [0.1, 0.15) is 36.6 Å². The van der Waals surface area contributed by atoms with Crippen molar-refractivity contribution in [1.29, 1.82) is 0 Å². The van der Waals surface area contributed by atoms with Crippen molar-refractivity contribution in [2.75, 3.05) is 5.75 Å². The molecule has 0 spiro atoms. The molecule has 0 bridgehead atoms. The second kappa shape index (κ2) is 6.62. The zero-order chi connectivity index (χ0) is 14.8. The van der Waals surface area contributed by atoms with Crippen LogP contribution >= 0.6 is 35.0 Å². The molecule has 0 aliphatic carbocycles. The molecule has 1 N–H and O–H groups in total. The van der Waals surface area contributed by atoms with E-state index in [0.29, 0.717) is 6.04 Å². The minimum atomic E-state index is 0.280. The first-order chi connectivity index (χ1) is 10.1. The molecule has 3 rings (SSSR count). The van der Waals surface area contributed by atoms with Crippen LogP contribution in [-0.4, -0.2) is 5.75 Å². The van der Waals surface area contributed by atoms with Crippen molar-refractivity contribution in [2.45, 2.75) is 30.3 Å². The molecule has 2 aromatic carbocycles. The Balaban J connectivity index is 1.80. The lowest BCUT2D eigenvalue weighted by molar-refractivity contribution is 0.450. The van der Waals surface area contributed by atoms with E-state index in [1.807, 2.05) is 30.0 Å². The Hall–Kier alpha value is -0.670. The maximum absolute atomic E-state index is 6.16. The first-order valence-corrected chi connectivity index (χ1v) is 8.81. The molecule has 1 heterocycles. The monoisotopic (exact) mass is 337 g/mol. The van der Waals surface area contributed by atoms with Gasteiger partial charge in [-0.2, -0.15) is 0 Å². The van der Waals surface area contributed by atoms with Crippen LogP contribution in [0, 0.1) is 0 Å². The van der Waals surface area contributed by atoms with E-state index in [1.165, 1.54) is 16.0 Å². The van der Waals surface area contributed by atoms with Gasteiger partial charge >= 0.3 is 0 Å². The summed E-state index contributed by atoms with van der Waals surface area (Å²) in [4.78, 5) is 1.34. The highest BCUT2D eigenvalue weighted by Gasteiger charge is 2.22. The highest BCUT2D eigenvalue weighted by atomic mass is 35.5. The van der Waals surface area contributed by atoms with Crippen molar-refractivity contribution < 1.29 is 0 Å².